The Labute approximate surface area is 91.8 Å². The molecule has 4 heteroatoms. The smallest absolute Gasteiger partial charge is 0.303 e. The molecule has 0 fully saturated rings. The summed E-state index contributed by atoms with van der Waals surface area (Å²) in [4.78, 5) is 10.5. The van der Waals surface area contributed by atoms with Gasteiger partial charge in [-0.1, -0.05) is 20.3 Å². The van der Waals surface area contributed by atoms with Crippen LogP contribution in [0.3, 0.4) is 0 Å². The Hall–Kier alpha value is -0.610. The molecule has 0 aliphatic rings. The Bertz CT molecular complexity index is 173. The molecular formula is C11H23NO3. The minimum absolute atomic E-state index is 0.0524. The average molecular weight is 217 g/mol. The number of rotatable bonds is 9. The monoisotopic (exact) mass is 217 g/mol. The Morgan fingerprint density at radius 3 is 2.60 bits per heavy atom. The first-order valence-electron chi connectivity index (χ1n) is 5.59. The minimum atomic E-state index is -0.777. The Morgan fingerprint density at radius 2 is 2.13 bits per heavy atom. The van der Waals surface area contributed by atoms with Gasteiger partial charge in [0, 0.05) is 6.61 Å². The van der Waals surface area contributed by atoms with Gasteiger partial charge in [0.05, 0.1) is 13.0 Å². The molecular weight excluding hydrogens is 194 g/mol. The van der Waals surface area contributed by atoms with E-state index >= 15 is 0 Å². The lowest BCUT2D eigenvalue weighted by Gasteiger charge is -2.15. The predicted octanol–water partition coefficient (Wildman–Crippen LogP) is 1.49. The van der Waals surface area contributed by atoms with E-state index in [-0.39, 0.29) is 12.3 Å². The lowest BCUT2D eigenvalue weighted by atomic mass is 10.0. The lowest BCUT2D eigenvalue weighted by Crippen LogP contribution is -2.19. The molecule has 0 radical (unpaired) electrons. The van der Waals surface area contributed by atoms with Gasteiger partial charge in [0.15, 0.2) is 0 Å². The number of carbonyl (C=O) groups is 1. The molecule has 0 aromatic carbocycles. The summed E-state index contributed by atoms with van der Waals surface area (Å²) >= 11 is 0. The van der Waals surface area contributed by atoms with E-state index in [1.807, 2.05) is 0 Å². The summed E-state index contributed by atoms with van der Waals surface area (Å²) in [6.07, 6.45) is 1.95. The zero-order valence-corrected chi connectivity index (χ0v) is 9.74. The van der Waals surface area contributed by atoms with Crippen LogP contribution in [0.15, 0.2) is 0 Å². The van der Waals surface area contributed by atoms with E-state index < -0.39 is 5.97 Å². The summed E-state index contributed by atoms with van der Waals surface area (Å²) in [6.45, 7) is 5.97. The molecule has 0 spiro atoms. The third kappa shape index (κ3) is 8.39. The second-order valence-corrected chi connectivity index (χ2v) is 4.09. The van der Waals surface area contributed by atoms with E-state index in [0.29, 0.717) is 32.1 Å². The van der Waals surface area contributed by atoms with Crippen LogP contribution in [0.5, 0.6) is 0 Å². The van der Waals surface area contributed by atoms with Crippen LogP contribution >= 0.6 is 0 Å². The van der Waals surface area contributed by atoms with Gasteiger partial charge in [0.2, 0.25) is 0 Å². The number of hydrogen-bond donors (Lipinski definition) is 2. The Kier molecular flexibility index (Phi) is 8.33. The van der Waals surface area contributed by atoms with E-state index in [4.69, 9.17) is 15.6 Å². The summed E-state index contributed by atoms with van der Waals surface area (Å²) < 4.78 is 5.48. The summed E-state index contributed by atoms with van der Waals surface area (Å²) in [5, 5.41) is 8.67. The first kappa shape index (κ1) is 14.4. The highest BCUT2D eigenvalue weighted by atomic mass is 16.5. The van der Waals surface area contributed by atoms with Crippen molar-refractivity contribution in [2.75, 3.05) is 19.8 Å². The number of aliphatic carboxylic acids is 1. The molecule has 0 heterocycles. The molecule has 0 aliphatic carbocycles. The van der Waals surface area contributed by atoms with Crippen molar-refractivity contribution in [1.29, 1.82) is 0 Å². The van der Waals surface area contributed by atoms with Crippen molar-refractivity contribution < 1.29 is 14.6 Å². The Balaban J connectivity index is 3.70. The van der Waals surface area contributed by atoms with Gasteiger partial charge < -0.3 is 15.6 Å². The summed E-state index contributed by atoms with van der Waals surface area (Å²) in [7, 11) is 0. The van der Waals surface area contributed by atoms with Crippen molar-refractivity contribution in [3.63, 3.8) is 0 Å². The van der Waals surface area contributed by atoms with E-state index in [0.717, 1.165) is 6.42 Å². The lowest BCUT2D eigenvalue weighted by molar-refractivity contribution is -0.138. The van der Waals surface area contributed by atoms with E-state index in [1.165, 1.54) is 0 Å². The Morgan fingerprint density at radius 1 is 1.47 bits per heavy atom. The molecule has 0 aliphatic heterocycles. The zero-order chi connectivity index (χ0) is 11.7. The third-order valence-corrected chi connectivity index (χ3v) is 2.49. The standard InChI is InChI=1S/C11H23NO3/c1-3-9(2)7-15-8-10(4-5-12)6-11(13)14/h9-10H,3-8,12H2,1-2H3,(H,13,14)/t9-,10-/m1/s1. The first-order valence-corrected chi connectivity index (χ1v) is 5.59. The van der Waals surface area contributed by atoms with Crippen molar-refractivity contribution in [3.8, 4) is 0 Å². The molecule has 2 atom stereocenters. The maximum Gasteiger partial charge on any atom is 0.303 e. The van der Waals surface area contributed by atoms with Gasteiger partial charge in [-0.05, 0) is 24.8 Å². The molecule has 4 nitrogen and oxygen atoms in total. The summed E-state index contributed by atoms with van der Waals surface area (Å²) in [5.74, 6) is -0.189. The highest BCUT2D eigenvalue weighted by Gasteiger charge is 2.13. The second-order valence-electron chi connectivity index (χ2n) is 4.09. The maximum atomic E-state index is 10.5. The molecule has 3 N–H and O–H groups in total. The van der Waals surface area contributed by atoms with Crippen molar-refractivity contribution in [2.45, 2.75) is 33.1 Å². The zero-order valence-electron chi connectivity index (χ0n) is 9.74. The molecule has 0 saturated heterocycles. The topological polar surface area (TPSA) is 72.5 Å². The van der Waals surface area contributed by atoms with E-state index in [1.54, 1.807) is 0 Å². The van der Waals surface area contributed by atoms with Crippen LogP contribution in [0.1, 0.15) is 33.1 Å². The molecule has 90 valence electrons. The summed E-state index contributed by atoms with van der Waals surface area (Å²) in [6, 6.07) is 0. The van der Waals surface area contributed by atoms with Crippen LogP contribution in [0.4, 0.5) is 0 Å². The van der Waals surface area contributed by atoms with Gasteiger partial charge in [0.25, 0.3) is 0 Å². The van der Waals surface area contributed by atoms with E-state index in [2.05, 4.69) is 13.8 Å². The number of carboxylic acid groups (broad SMARTS) is 1. The molecule has 0 aromatic rings. The highest BCUT2D eigenvalue weighted by molar-refractivity contribution is 5.67. The number of carboxylic acids is 1. The van der Waals surface area contributed by atoms with Crippen LogP contribution in [0.25, 0.3) is 0 Å². The van der Waals surface area contributed by atoms with Crippen LogP contribution in [-0.4, -0.2) is 30.8 Å². The normalized spacial score (nSPS) is 14.9. The second kappa shape index (κ2) is 8.68. The molecule has 0 bridgehead atoms. The SMILES string of the molecule is CC[C@@H](C)COC[C@H](CCN)CC(=O)O. The van der Waals surface area contributed by atoms with Crippen molar-refractivity contribution >= 4 is 5.97 Å². The van der Waals surface area contributed by atoms with Crippen LogP contribution in [-0.2, 0) is 9.53 Å². The average Bonchev–Trinajstić information content (AvgIpc) is 2.16. The number of nitrogens with two attached hydrogens (primary N) is 1. The van der Waals surface area contributed by atoms with Gasteiger partial charge >= 0.3 is 5.97 Å². The highest BCUT2D eigenvalue weighted by Crippen LogP contribution is 2.10. The van der Waals surface area contributed by atoms with Crippen LogP contribution in [0, 0.1) is 11.8 Å². The molecule has 0 amide bonds. The van der Waals surface area contributed by atoms with Crippen molar-refractivity contribution in [2.24, 2.45) is 17.6 Å². The molecule has 15 heavy (non-hydrogen) atoms. The van der Waals surface area contributed by atoms with Gasteiger partial charge in [-0.2, -0.15) is 0 Å². The predicted molar refractivity (Wildman–Crippen MR) is 59.7 cm³/mol. The molecule has 0 aromatic heterocycles. The largest absolute Gasteiger partial charge is 0.481 e. The minimum Gasteiger partial charge on any atom is -0.481 e. The summed E-state index contributed by atoms with van der Waals surface area (Å²) in [5.41, 5.74) is 5.41. The first-order chi connectivity index (χ1) is 7.10. The third-order valence-electron chi connectivity index (χ3n) is 2.49. The molecule has 0 unspecified atom stereocenters. The van der Waals surface area contributed by atoms with Gasteiger partial charge in [-0.25, -0.2) is 0 Å². The van der Waals surface area contributed by atoms with Gasteiger partial charge in [-0.15, -0.1) is 0 Å². The van der Waals surface area contributed by atoms with Gasteiger partial charge in [-0.3, -0.25) is 4.79 Å². The van der Waals surface area contributed by atoms with Crippen LogP contribution in [0.2, 0.25) is 0 Å². The molecule has 0 saturated carbocycles. The number of hydrogen-bond acceptors (Lipinski definition) is 3. The molecule has 0 rings (SSSR count). The van der Waals surface area contributed by atoms with Crippen LogP contribution < -0.4 is 5.73 Å². The van der Waals surface area contributed by atoms with E-state index in [9.17, 15) is 4.79 Å². The number of ether oxygens (including phenoxy) is 1. The fourth-order valence-corrected chi connectivity index (χ4v) is 1.28. The fraction of sp³-hybridized carbons (Fsp3) is 0.909. The maximum absolute atomic E-state index is 10.5. The quantitative estimate of drug-likeness (QED) is 0.613. The van der Waals surface area contributed by atoms with Crippen molar-refractivity contribution in [3.05, 3.63) is 0 Å². The van der Waals surface area contributed by atoms with Gasteiger partial charge in [0.1, 0.15) is 0 Å². The fourth-order valence-electron chi connectivity index (χ4n) is 1.28. The van der Waals surface area contributed by atoms with Crippen molar-refractivity contribution in [1.82, 2.24) is 0 Å².